The molecule has 140 valence electrons. The summed E-state index contributed by atoms with van der Waals surface area (Å²) in [6, 6.07) is 6.91. The Morgan fingerprint density at radius 2 is 2.00 bits per heavy atom. The first-order valence-corrected chi connectivity index (χ1v) is 8.63. The van der Waals surface area contributed by atoms with Gasteiger partial charge in [0.25, 0.3) is 5.91 Å². The van der Waals surface area contributed by atoms with Crippen molar-refractivity contribution in [2.75, 3.05) is 20.8 Å². The van der Waals surface area contributed by atoms with Gasteiger partial charge in [-0.3, -0.25) is 4.79 Å². The van der Waals surface area contributed by atoms with E-state index in [1.165, 1.54) is 25.6 Å². The van der Waals surface area contributed by atoms with Gasteiger partial charge in [-0.1, -0.05) is 6.07 Å². The molecule has 1 aromatic heterocycles. The third-order valence-electron chi connectivity index (χ3n) is 3.50. The van der Waals surface area contributed by atoms with Crippen molar-refractivity contribution in [2.45, 2.75) is 0 Å². The van der Waals surface area contributed by atoms with Crippen molar-refractivity contribution >= 4 is 35.2 Å². The van der Waals surface area contributed by atoms with Gasteiger partial charge in [0.1, 0.15) is 0 Å². The molecule has 0 aliphatic carbocycles. The molecule has 2 aromatic rings. The molecule has 1 aliphatic heterocycles. The van der Waals surface area contributed by atoms with Crippen LogP contribution in [-0.4, -0.2) is 38.6 Å². The van der Waals surface area contributed by atoms with E-state index in [2.05, 4.69) is 4.99 Å². The number of hydrogen-bond donors (Lipinski definition) is 1. The lowest BCUT2D eigenvalue weighted by atomic mass is 10.1. The number of nitrogens with zero attached hydrogens (tertiary/aromatic N) is 1. The van der Waals surface area contributed by atoms with Crippen molar-refractivity contribution < 1.29 is 28.5 Å². The smallest absolute Gasteiger partial charge is 0.363 e. The van der Waals surface area contributed by atoms with E-state index >= 15 is 0 Å². The fraction of sp³-hybridized carbons (Fsp3) is 0.167. The van der Waals surface area contributed by atoms with E-state index in [4.69, 9.17) is 24.7 Å². The lowest BCUT2D eigenvalue weighted by molar-refractivity contribution is -0.130. The van der Waals surface area contributed by atoms with Crippen LogP contribution < -0.4 is 19.9 Å². The Morgan fingerprint density at radius 1 is 1.30 bits per heavy atom. The highest BCUT2D eigenvalue weighted by Gasteiger charge is 2.25. The van der Waals surface area contributed by atoms with Gasteiger partial charge in [-0.05, 0) is 35.2 Å². The molecule has 1 aliphatic rings. The van der Waals surface area contributed by atoms with E-state index < -0.39 is 11.9 Å². The van der Waals surface area contributed by atoms with Gasteiger partial charge in [-0.15, -0.1) is 11.3 Å². The molecule has 2 heterocycles. The van der Waals surface area contributed by atoms with Gasteiger partial charge in [0.05, 0.1) is 19.1 Å². The molecular formula is C18H16N2O6S. The maximum absolute atomic E-state index is 12.1. The number of primary amides is 1. The third kappa shape index (κ3) is 4.09. The Labute approximate surface area is 158 Å². The number of benzene rings is 1. The summed E-state index contributed by atoms with van der Waals surface area (Å²) in [7, 11) is 2.89. The zero-order chi connectivity index (χ0) is 19.4. The predicted octanol–water partition coefficient (Wildman–Crippen LogP) is 1.97. The monoisotopic (exact) mass is 388 g/mol. The molecule has 3 rings (SSSR count). The Balaban J connectivity index is 1.96. The Kier molecular flexibility index (Phi) is 5.41. The van der Waals surface area contributed by atoms with Gasteiger partial charge in [0.15, 0.2) is 23.8 Å². The van der Waals surface area contributed by atoms with Crippen LogP contribution in [0, 0.1) is 0 Å². The normalized spacial score (nSPS) is 14.7. The number of amides is 1. The van der Waals surface area contributed by atoms with Crippen LogP contribution in [0.2, 0.25) is 0 Å². The second kappa shape index (κ2) is 7.92. The molecule has 0 unspecified atom stereocenters. The number of cyclic esters (lactones) is 1. The van der Waals surface area contributed by atoms with Crippen LogP contribution in [0.15, 0.2) is 40.3 Å². The van der Waals surface area contributed by atoms with E-state index in [0.29, 0.717) is 17.1 Å². The standard InChI is InChI=1S/C18H16N2O6S/c1-23-12-7-10(8-13(24-2)16(12)25-9-15(19)21)6-11-18(22)26-17(20-11)14-4-3-5-27-14/h3-8H,9H2,1-2H3,(H2,19,21)/b11-6-. The first-order chi connectivity index (χ1) is 13.0. The van der Waals surface area contributed by atoms with Crippen molar-refractivity contribution in [2.24, 2.45) is 10.7 Å². The fourth-order valence-electron chi connectivity index (χ4n) is 2.34. The first-order valence-electron chi connectivity index (χ1n) is 7.75. The minimum absolute atomic E-state index is 0.147. The summed E-state index contributed by atoms with van der Waals surface area (Å²) in [4.78, 5) is 28.1. The SMILES string of the molecule is COc1cc(/C=C2\N=C(c3cccs3)OC2=O)cc(OC)c1OCC(N)=O. The minimum Gasteiger partial charge on any atom is -0.493 e. The molecule has 9 heteroatoms. The number of aliphatic imine (C=N–C) groups is 1. The summed E-state index contributed by atoms with van der Waals surface area (Å²) in [6.07, 6.45) is 1.55. The third-order valence-corrected chi connectivity index (χ3v) is 4.36. The largest absolute Gasteiger partial charge is 0.493 e. The van der Waals surface area contributed by atoms with Crippen molar-refractivity contribution in [3.63, 3.8) is 0 Å². The van der Waals surface area contributed by atoms with Gasteiger partial charge in [-0.2, -0.15) is 0 Å². The molecule has 1 amide bonds. The highest BCUT2D eigenvalue weighted by molar-refractivity contribution is 7.12. The number of nitrogens with two attached hydrogens (primary N) is 1. The lowest BCUT2D eigenvalue weighted by Crippen LogP contribution is -2.20. The van der Waals surface area contributed by atoms with Crippen molar-refractivity contribution in [3.8, 4) is 17.2 Å². The molecule has 27 heavy (non-hydrogen) atoms. The first kappa shape index (κ1) is 18.5. The Hall–Kier alpha value is -3.33. The number of ether oxygens (including phenoxy) is 4. The molecule has 8 nitrogen and oxygen atoms in total. The van der Waals surface area contributed by atoms with Gasteiger partial charge in [-0.25, -0.2) is 9.79 Å². The van der Waals surface area contributed by atoms with Crippen LogP contribution in [0.3, 0.4) is 0 Å². The quantitative estimate of drug-likeness (QED) is 0.574. The molecule has 0 saturated carbocycles. The average molecular weight is 388 g/mol. The molecule has 0 saturated heterocycles. The van der Waals surface area contributed by atoms with Crippen molar-refractivity contribution in [1.29, 1.82) is 0 Å². The van der Waals surface area contributed by atoms with Crippen LogP contribution in [-0.2, 0) is 14.3 Å². The summed E-state index contributed by atoms with van der Waals surface area (Å²) in [5.41, 5.74) is 5.84. The van der Waals surface area contributed by atoms with Gasteiger partial charge in [0.2, 0.25) is 11.6 Å². The number of methoxy groups -OCH3 is 2. The maximum Gasteiger partial charge on any atom is 0.363 e. The zero-order valence-corrected chi connectivity index (χ0v) is 15.4. The minimum atomic E-state index is -0.630. The van der Waals surface area contributed by atoms with Crippen molar-refractivity contribution in [3.05, 3.63) is 45.8 Å². The number of rotatable bonds is 7. The molecule has 1 aromatic carbocycles. The summed E-state index contributed by atoms with van der Waals surface area (Å²) in [5.74, 6) is -0.0494. The lowest BCUT2D eigenvalue weighted by Gasteiger charge is -2.14. The second-order valence-electron chi connectivity index (χ2n) is 5.32. The molecule has 0 spiro atoms. The number of hydrogen-bond acceptors (Lipinski definition) is 8. The molecular weight excluding hydrogens is 372 g/mol. The average Bonchev–Trinajstić information content (AvgIpc) is 3.30. The zero-order valence-electron chi connectivity index (χ0n) is 14.6. The summed E-state index contributed by atoms with van der Waals surface area (Å²) in [6.45, 7) is -0.325. The van der Waals surface area contributed by atoms with Crippen LogP contribution in [0.4, 0.5) is 0 Å². The predicted molar refractivity (Wildman–Crippen MR) is 99.2 cm³/mol. The van der Waals surface area contributed by atoms with Crippen LogP contribution in [0.5, 0.6) is 17.2 Å². The number of carbonyl (C=O) groups is 2. The number of carbonyl (C=O) groups excluding carboxylic acids is 2. The van der Waals surface area contributed by atoms with E-state index in [-0.39, 0.29) is 24.0 Å². The maximum atomic E-state index is 12.1. The summed E-state index contributed by atoms with van der Waals surface area (Å²) < 4.78 is 21.2. The molecule has 0 fully saturated rings. The second-order valence-corrected chi connectivity index (χ2v) is 6.27. The van der Waals surface area contributed by atoms with Crippen LogP contribution >= 0.6 is 11.3 Å². The molecule has 2 N–H and O–H groups in total. The fourth-order valence-corrected chi connectivity index (χ4v) is 2.99. The van der Waals surface area contributed by atoms with E-state index in [0.717, 1.165) is 4.88 Å². The van der Waals surface area contributed by atoms with Gasteiger partial charge < -0.3 is 24.7 Å². The van der Waals surface area contributed by atoms with E-state index in [9.17, 15) is 9.59 Å². The Bertz CT molecular complexity index is 908. The highest BCUT2D eigenvalue weighted by Crippen LogP contribution is 2.39. The van der Waals surface area contributed by atoms with Crippen LogP contribution in [0.1, 0.15) is 10.4 Å². The molecule has 0 bridgehead atoms. The topological polar surface area (TPSA) is 109 Å². The number of thiophene rings is 1. The van der Waals surface area contributed by atoms with E-state index in [1.54, 1.807) is 18.2 Å². The Morgan fingerprint density at radius 3 is 2.56 bits per heavy atom. The van der Waals surface area contributed by atoms with Gasteiger partial charge >= 0.3 is 5.97 Å². The number of esters is 1. The molecule has 0 radical (unpaired) electrons. The van der Waals surface area contributed by atoms with Crippen molar-refractivity contribution in [1.82, 2.24) is 0 Å². The van der Waals surface area contributed by atoms with Gasteiger partial charge in [0, 0.05) is 0 Å². The summed E-state index contributed by atoms with van der Waals surface area (Å²) in [5, 5.41) is 1.87. The highest BCUT2D eigenvalue weighted by atomic mass is 32.1. The van der Waals surface area contributed by atoms with Crippen LogP contribution in [0.25, 0.3) is 6.08 Å². The molecule has 0 atom stereocenters. The van der Waals surface area contributed by atoms with E-state index in [1.807, 2.05) is 17.5 Å². The summed E-state index contributed by atoms with van der Waals surface area (Å²) >= 11 is 1.42.